The van der Waals surface area contributed by atoms with E-state index in [1.54, 1.807) is 0 Å². The number of hydrogen-bond acceptors (Lipinski definition) is 1. The van der Waals surface area contributed by atoms with Crippen molar-refractivity contribution >= 4 is 8.32 Å². The second-order valence-electron chi connectivity index (χ2n) is 7.95. The van der Waals surface area contributed by atoms with Gasteiger partial charge in [-0.3, -0.25) is 0 Å². The maximum absolute atomic E-state index is 6.61. The van der Waals surface area contributed by atoms with E-state index < -0.39 is 8.32 Å². The smallest absolute Gasteiger partial charge is 0.212 e. The van der Waals surface area contributed by atoms with Crippen LogP contribution in [0.2, 0.25) is 6.55 Å². The van der Waals surface area contributed by atoms with Crippen molar-refractivity contribution < 1.29 is 4.43 Å². The fourth-order valence-corrected chi connectivity index (χ4v) is 8.89. The second-order valence-corrected chi connectivity index (χ2v) is 11.9. The van der Waals surface area contributed by atoms with Gasteiger partial charge in [0.2, 0.25) is 8.32 Å². The predicted octanol–water partition coefficient (Wildman–Crippen LogP) is 6.56. The van der Waals surface area contributed by atoms with E-state index in [4.69, 9.17) is 4.43 Å². The van der Waals surface area contributed by atoms with Crippen LogP contribution < -0.4 is 0 Å². The first-order valence-corrected chi connectivity index (χ1v) is 13.1. The summed E-state index contributed by atoms with van der Waals surface area (Å²) in [6.45, 7) is 2.38. The molecule has 1 unspecified atom stereocenters. The highest BCUT2D eigenvalue weighted by atomic mass is 28.4. The molecule has 4 rings (SSSR count). The van der Waals surface area contributed by atoms with E-state index in [2.05, 4.69) is 128 Å². The van der Waals surface area contributed by atoms with E-state index in [-0.39, 0.29) is 5.04 Å². The van der Waals surface area contributed by atoms with Crippen molar-refractivity contribution in [3.05, 3.63) is 144 Å². The molecular weight excluding hydrogens is 380 g/mol. The molecule has 4 aromatic rings. The van der Waals surface area contributed by atoms with Crippen LogP contribution in [-0.4, -0.2) is 15.4 Å². The van der Waals surface area contributed by atoms with Gasteiger partial charge in [0, 0.05) is 7.11 Å². The summed E-state index contributed by atoms with van der Waals surface area (Å²) in [6.07, 6.45) is 0. The molecule has 30 heavy (non-hydrogen) atoms. The van der Waals surface area contributed by atoms with Gasteiger partial charge in [0.1, 0.15) is 0 Å². The summed E-state index contributed by atoms with van der Waals surface area (Å²) in [7, 11) is -0.565. The molecule has 0 aliphatic rings. The molecule has 0 spiro atoms. The van der Waals surface area contributed by atoms with Crippen LogP contribution in [0.3, 0.4) is 0 Å². The monoisotopic (exact) mass is 408 g/mol. The lowest BCUT2D eigenvalue weighted by molar-refractivity contribution is 0.374. The second kappa shape index (κ2) is 8.82. The Balaban J connectivity index is 2.06. The van der Waals surface area contributed by atoms with Gasteiger partial charge in [0.25, 0.3) is 0 Å². The van der Waals surface area contributed by atoms with Gasteiger partial charge in [0.05, 0.1) is 5.04 Å². The Morgan fingerprint density at radius 1 is 0.567 bits per heavy atom. The maximum atomic E-state index is 6.61. The van der Waals surface area contributed by atoms with Crippen molar-refractivity contribution in [1.82, 2.24) is 0 Å². The van der Waals surface area contributed by atoms with E-state index in [9.17, 15) is 0 Å². The van der Waals surface area contributed by atoms with Crippen LogP contribution in [0.4, 0.5) is 0 Å². The van der Waals surface area contributed by atoms with Crippen molar-refractivity contribution in [3.63, 3.8) is 0 Å². The Labute approximate surface area is 181 Å². The van der Waals surface area contributed by atoms with Gasteiger partial charge >= 0.3 is 0 Å². The Hall–Kier alpha value is -2.94. The van der Waals surface area contributed by atoms with Crippen LogP contribution in [0.25, 0.3) is 0 Å². The van der Waals surface area contributed by atoms with Gasteiger partial charge in [-0.1, -0.05) is 121 Å². The van der Waals surface area contributed by atoms with Crippen molar-refractivity contribution in [3.8, 4) is 0 Å². The van der Waals surface area contributed by atoms with E-state index in [0.29, 0.717) is 0 Å². The summed E-state index contributed by atoms with van der Waals surface area (Å²) in [5.41, 5.74) is 5.18. The third kappa shape index (κ3) is 3.53. The minimum absolute atomic E-state index is 0.346. The van der Waals surface area contributed by atoms with Gasteiger partial charge < -0.3 is 4.43 Å². The Morgan fingerprint density at radius 3 is 1.23 bits per heavy atom. The van der Waals surface area contributed by atoms with Crippen molar-refractivity contribution in [2.75, 3.05) is 7.11 Å². The summed E-state index contributed by atoms with van der Waals surface area (Å²) < 4.78 is 6.61. The molecule has 1 atom stereocenters. The highest BCUT2D eigenvalue weighted by Gasteiger charge is 2.54. The van der Waals surface area contributed by atoms with Crippen molar-refractivity contribution in [2.45, 2.75) is 17.6 Å². The molecular formula is C28H28OSi. The summed E-state index contributed by atoms with van der Waals surface area (Å²) in [5, 5.41) is -0.346. The average Bonchev–Trinajstić information content (AvgIpc) is 2.82. The fourth-order valence-electron chi connectivity index (χ4n) is 4.82. The first-order chi connectivity index (χ1) is 14.7. The molecule has 0 heterocycles. The van der Waals surface area contributed by atoms with Gasteiger partial charge in [-0.15, -0.1) is 0 Å². The van der Waals surface area contributed by atoms with Gasteiger partial charge in [-0.25, -0.2) is 0 Å². The van der Waals surface area contributed by atoms with Crippen LogP contribution in [-0.2, 0) is 15.5 Å². The molecule has 1 nitrogen and oxygen atoms in total. The largest absolute Gasteiger partial charge is 0.418 e. The molecule has 0 N–H and O–H groups in total. The van der Waals surface area contributed by atoms with Gasteiger partial charge in [0.15, 0.2) is 0 Å². The SMILES string of the molecule is CO[Si](C)(Cc1ccccc1)C(c1ccccc1)(c1ccccc1)c1ccccc1. The Morgan fingerprint density at radius 2 is 0.900 bits per heavy atom. The number of hydrogen-bond donors (Lipinski definition) is 0. The zero-order valence-electron chi connectivity index (χ0n) is 17.7. The van der Waals surface area contributed by atoms with Crippen molar-refractivity contribution in [1.29, 1.82) is 0 Å². The summed E-state index contributed by atoms with van der Waals surface area (Å²) in [5.74, 6) is 0. The fraction of sp³-hybridized carbons (Fsp3) is 0.143. The first kappa shape index (κ1) is 20.3. The Kier molecular flexibility index (Phi) is 5.98. The molecule has 0 fully saturated rings. The molecule has 0 saturated carbocycles. The average molecular weight is 409 g/mol. The molecule has 0 aromatic heterocycles. The maximum Gasteiger partial charge on any atom is 0.212 e. The third-order valence-corrected chi connectivity index (χ3v) is 10.7. The van der Waals surface area contributed by atoms with Crippen molar-refractivity contribution in [2.24, 2.45) is 0 Å². The molecule has 4 aromatic carbocycles. The highest BCUT2D eigenvalue weighted by Crippen LogP contribution is 2.47. The summed E-state index contributed by atoms with van der Waals surface area (Å²) >= 11 is 0. The normalized spacial score (nSPS) is 13.5. The highest BCUT2D eigenvalue weighted by molar-refractivity contribution is 6.76. The minimum atomic E-state index is -2.47. The molecule has 0 bridgehead atoms. The predicted molar refractivity (Wildman–Crippen MR) is 128 cm³/mol. The number of rotatable bonds is 7. The molecule has 0 amide bonds. The van der Waals surface area contributed by atoms with Crippen LogP contribution >= 0.6 is 0 Å². The zero-order chi connectivity index (χ0) is 20.9. The van der Waals surface area contributed by atoms with Gasteiger partial charge in [-0.05, 0) is 34.8 Å². The molecule has 0 aliphatic carbocycles. The lowest BCUT2D eigenvalue weighted by Crippen LogP contribution is -2.59. The lowest BCUT2D eigenvalue weighted by atomic mass is 9.83. The van der Waals surface area contributed by atoms with Crippen LogP contribution in [0.1, 0.15) is 22.3 Å². The Bertz CT molecular complexity index is 952. The van der Waals surface area contributed by atoms with Crippen LogP contribution in [0.5, 0.6) is 0 Å². The molecule has 2 heteroatoms. The topological polar surface area (TPSA) is 9.23 Å². The van der Waals surface area contributed by atoms with E-state index >= 15 is 0 Å². The summed E-state index contributed by atoms with van der Waals surface area (Å²) in [6, 6.07) is 44.4. The quantitative estimate of drug-likeness (QED) is 0.248. The molecule has 0 saturated heterocycles. The number of benzene rings is 4. The van der Waals surface area contributed by atoms with Crippen LogP contribution in [0, 0.1) is 0 Å². The van der Waals surface area contributed by atoms with E-state index in [0.717, 1.165) is 6.04 Å². The summed E-state index contributed by atoms with van der Waals surface area (Å²) in [4.78, 5) is 0. The van der Waals surface area contributed by atoms with E-state index in [1.165, 1.54) is 22.3 Å². The molecule has 0 aliphatic heterocycles. The third-order valence-electron chi connectivity index (χ3n) is 6.25. The zero-order valence-corrected chi connectivity index (χ0v) is 18.7. The lowest BCUT2D eigenvalue weighted by Gasteiger charge is -2.47. The minimum Gasteiger partial charge on any atom is -0.418 e. The molecule has 150 valence electrons. The van der Waals surface area contributed by atoms with Crippen LogP contribution in [0.15, 0.2) is 121 Å². The van der Waals surface area contributed by atoms with Gasteiger partial charge in [-0.2, -0.15) is 0 Å². The van der Waals surface area contributed by atoms with E-state index in [1.807, 2.05) is 7.11 Å². The standard InChI is InChI=1S/C28H28OSi/c1-29-30(2,23-24-15-7-3-8-16-24)28(25-17-9-4-10-18-25,26-19-11-5-12-20-26)27-21-13-6-14-22-27/h3-22H,23H2,1-2H3. The first-order valence-electron chi connectivity index (χ1n) is 10.5. The molecule has 0 radical (unpaired) electrons.